The molecule has 4 aromatic rings. The molecule has 0 aliphatic carbocycles. The van der Waals surface area contributed by atoms with Gasteiger partial charge in [0.1, 0.15) is 18.5 Å². The summed E-state index contributed by atoms with van der Waals surface area (Å²) in [5, 5.41) is 14.9. The Balaban J connectivity index is 1.60. The summed E-state index contributed by atoms with van der Waals surface area (Å²) in [6, 6.07) is 11.2. The van der Waals surface area contributed by atoms with Crippen molar-refractivity contribution in [2.75, 3.05) is 12.0 Å². The van der Waals surface area contributed by atoms with Crippen molar-refractivity contribution < 1.29 is 9.84 Å². The summed E-state index contributed by atoms with van der Waals surface area (Å²) in [6.07, 6.45) is 4.74. The fourth-order valence-corrected chi connectivity index (χ4v) is 3.42. The average Bonchev–Trinajstić information content (AvgIpc) is 3.20. The van der Waals surface area contributed by atoms with Crippen molar-refractivity contribution in [3.63, 3.8) is 0 Å². The molecule has 0 saturated heterocycles. The summed E-state index contributed by atoms with van der Waals surface area (Å²) in [4.78, 5) is 35.2. The van der Waals surface area contributed by atoms with Gasteiger partial charge in [0, 0.05) is 19.4 Å². The predicted molar refractivity (Wildman–Crippen MR) is 128 cm³/mol. The lowest BCUT2D eigenvalue weighted by atomic mass is 10.2. The van der Waals surface area contributed by atoms with E-state index in [1.165, 1.54) is 16.2 Å². The summed E-state index contributed by atoms with van der Waals surface area (Å²) in [5.74, 6) is 0.841. The summed E-state index contributed by atoms with van der Waals surface area (Å²) in [7, 11) is 1.50. The van der Waals surface area contributed by atoms with Crippen LogP contribution in [0.3, 0.4) is 0 Å². The minimum absolute atomic E-state index is 0.00374. The van der Waals surface area contributed by atoms with Gasteiger partial charge >= 0.3 is 5.69 Å². The van der Waals surface area contributed by atoms with Crippen LogP contribution in [0.5, 0.6) is 5.75 Å². The van der Waals surface area contributed by atoms with Crippen LogP contribution in [0.4, 0.5) is 5.95 Å². The molecule has 0 fully saturated rings. The Bertz CT molecular complexity index is 1420. The van der Waals surface area contributed by atoms with Gasteiger partial charge in [0.05, 0.1) is 12.8 Å². The van der Waals surface area contributed by atoms with E-state index in [0.29, 0.717) is 5.75 Å². The lowest BCUT2D eigenvalue weighted by Gasteiger charge is -2.15. The maximum absolute atomic E-state index is 12.6. The van der Waals surface area contributed by atoms with E-state index in [2.05, 4.69) is 32.4 Å². The van der Waals surface area contributed by atoms with E-state index in [9.17, 15) is 14.7 Å². The standard InChI is InChI=1S/C23H25N7O4/c1-3-15-5-4-6-18(11-15)34-14-17(31)13-30-19-20(29(2)23(33)27-21(19)32)26-22(30)28-25-12-16-7-9-24-10-8-16/h4-12,17,31H,3,13-14H2,1-2H3,(H,26,28)(H,27,32,33)/t17-/m1/s1. The minimum Gasteiger partial charge on any atom is -0.491 e. The average molecular weight is 463 g/mol. The number of imidazole rings is 1. The molecule has 0 unspecified atom stereocenters. The number of aromatic nitrogens is 5. The molecule has 0 saturated carbocycles. The minimum atomic E-state index is -0.968. The Morgan fingerprint density at radius 3 is 2.82 bits per heavy atom. The second-order valence-electron chi connectivity index (χ2n) is 7.65. The number of aliphatic hydroxyl groups is 1. The largest absolute Gasteiger partial charge is 0.491 e. The zero-order valence-corrected chi connectivity index (χ0v) is 18.8. The fraction of sp³-hybridized carbons (Fsp3) is 0.261. The highest BCUT2D eigenvalue weighted by Crippen LogP contribution is 2.18. The van der Waals surface area contributed by atoms with Crippen molar-refractivity contribution in [2.24, 2.45) is 12.1 Å². The van der Waals surface area contributed by atoms with Gasteiger partial charge in [-0.05, 0) is 41.8 Å². The number of aryl methyl sites for hydroxylation is 2. The van der Waals surface area contributed by atoms with Crippen LogP contribution >= 0.6 is 0 Å². The number of hydrazone groups is 1. The molecule has 34 heavy (non-hydrogen) atoms. The normalized spacial score (nSPS) is 12.3. The lowest BCUT2D eigenvalue weighted by molar-refractivity contribution is 0.0938. The van der Waals surface area contributed by atoms with E-state index in [-0.39, 0.29) is 30.3 Å². The van der Waals surface area contributed by atoms with E-state index < -0.39 is 17.4 Å². The number of aliphatic hydroxyl groups excluding tert-OH is 1. The third-order valence-electron chi connectivity index (χ3n) is 5.23. The van der Waals surface area contributed by atoms with Gasteiger partial charge in [-0.15, -0.1) is 0 Å². The molecule has 0 amide bonds. The van der Waals surface area contributed by atoms with E-state index in [0.717, 1.165) is 17.5 Å². The third kappa shape index (κ3) is 5.04. The van der Waals surface area contributed by atoms with E-state index in [1.54, 1.807) is 30.7 Å². The molecule has 0 aliphatic rings. The number of hydrogen-bond acceptors (Lipinski definition) is 8. The maximum atomic E-state index is 12.6. The second-order valence-corrected chi connectivity index (χ2v) is 7.65. The topological polar surface area (TPSA) is 139 Å². The molecule has 4 rings (SSSR count). The van der Waals surface area contributed by atoms with Gasteiger partial charge in [0.25, 0.3) is 5.56 Å². The van der Waals surface area contributed by atoms with Crippen LogP contribution in [0.25, 0.3) is 11.2 Å². The molecule has 0 aliphatic heterocycles. The monoisotopic (exact) mass is 463 g/mol. The van der Waals surface area contributed by atoms with Crippen LogP contribution in [0.1, 0.15) is 18.1 Å². The van der Waals surface area contributed by atoms with E-state index in [4.69, 9.17) is 4.74 Å². The number of nitrogens with one attached hydrogen (secondary N) is 2. The molecule has 176 valence electrons. The fourth-order valence-electron chi connectivity index (χ4n) is 3.42. The van der Waals surface area contributed by atoms with Gasteiger partial charge in [-0.3, -0.25) is 19.3 Å². The Hall–Kier alpha value is -4.25. The summed E-state index contributed by atoms with van der Waals surface area (Å²) >= 11 is 0. The van der Waals surface area contributed by atoms with Crippen molar-refractivity contribution in [1.29, 1.82) is 0 Å². The van der Waals surface area contributed by atoms with Crippen LogP contribution in [-0.2, 0) is 20.0 Å². The number of pyridine rings is 1. The number of benzene rings is 1. The van der Waals surface area contributed by atoms with E-state index in [1.807, 2.05) is 24.3 Å². The van der Waals surface area contributed by atoms with E-state index >= 15 is 0 Å². The Kier molecular flexibility index (Phi) is 6.83. The van der Waals surface area contributed by atoms with Gasteiger partial charge < -0.3 is 14.4 Å². The number of aromatic amines is 1. The number of fused-ring (bicyclic) bond motifs is 1. The molecule has 0 radical (unpaired) electrons. The Labute approximate surface area is 194 Å². The first-order chi connectivity index (χ1) is 16.5. The molecule has 11 nitrogen and oxygen atoms in total. The van der Waals surface area contributed by atoms with Gasteiger partial charge in [-0.1, -0.05) is 19.1 Å². The van der Waals surface area contributed by atoms with Crippen LogP contribution in [0, 0.1) is 0 Å². The number of ether oxygens (including phenoxy) is 1. The summed E-state index contributed by atoms with van der Waals surface area (Å²) < 4.78 is 8.45. The van der Waals surface area contributed by atoms with Crippen molar-refractivity contribution in [2.45, 2.75) is 26.0 Å². The summed E-state index contributed by atoms with van der Waals surface area (Å²) in [6.45, 7) is 2.03. The van der Waals surface area contributed by atoms with Crippen LogP contribution in [0.2, 0.25) is 0 Å². The van der Waals surface area contributed by atoms with Gasteiger partial charge in [0.15, 0.2) is 11.2 Å². The van der Waals surface area contributed by atoms with Crippen LogP contribution in [0.15, 0.2) is 63.5 Å². The first-order valence-corrected chi connectivity index (χ1v) is 10.7. The summed E-state index contributed by atoms with van der Waals surface area (Å²) in [5.41, 5.74) is 3.83. The number of H-pyrrole nitrogens is 1. The Morgan fingerprint density at radius 2 is 2.06 bits per heavy atom. The molecule has 1 aromatic carbocycles. The van der Waals surface area contributed by atoms with Crippen molar-refractivity contribution >= 4 is 23.3 Å². The van der Waals surface area contributed by atoms with Gasteiger partial charge in [0.2, 0.25) is 5.95 Å². The van der Waals surface area contributed by atoms with Crippen molar-refractivity contribution in [1.82, 2.24) is 24.1 Å². The van der Waals surface area contributed by atoms with Crippen LogP contribution in [-0.4, -0.2) is 48.1 Å². The zero-order chi connectivity index (χ0) is 24.1. The molecule has 11 heteroatoms. The third-order valence-corrected chi connectivity index (χ3v) is 5.23. The maximum Gasteiger partial charge on any atom is 0.329 e. The quantitative estimate of drug-likeness (QED) is 0.251. The lowest BCUT2D eigenvalue weighted by Crippen LogP contribution is -2.30. The SMILES string of the molecule is CCc1cccc(OC[C@H](O)Cn2c(NN=Cc3ccncc3)nc3c2c(=O)[nH]c(=O)n3C)c1. The number of nitrogens with zero attached hydrogens (tertiary/aromatic N) is 5. The molecule has 0 bridgehead atoms. The second kappa shape index (κ2) is 10.1. The predicted octanol–water partition coefficient (Wildman–Crippen LogP) is 1.27. The Morgan fingerprint density at radius 1 is 1.26 bits per heavy atom. The first-order valence-electron chi connectivity index (χ1n) is 10.7. The zero-order valence-electron chi connectivity index (χ0n) is 18.8. The molecular weight excluding hydrogens is 438 g/mol. The molecule has 0 spiro atoms. The molecule has 3 aromatic heterocycles. The highest BCUT2D eigenvalue weighted by molar-refractivity contribution is 5.80. The highest BCUT2D eigenvalue weighted by atomic mass is 16.5. The molecule has 1 atom stereocenters. The number of hydrogen-bond donors (Lipinski definition) is 3. The first kappa shape index (κ1) is 22.9. The number of rotatable bonds is 9. The van der Waals surface area contributed by atoms with Crippen molar-refractivity contribution in [3.8, 4) is 5.75 Å². The van der Waals surface area contributed by atoms with Gasteiger partial charge in [-0.25, -0.2) is 10.2 Å². The molecular formula is C23H25N7O4. The highest BCUT2D eigenvalue weighted by Gasteiger charge is 2.20. The molecule has 3 heterocycles. The number of anilines is 1. The smallest absolute Gasteiger partial charge is 0.329 e. The molecule has 3 N–H and O–H groups in total. The van der Waals surface area contributed by atoms with Crippen LogP contribution < -0.4 is 21.4 Å². The van der Waals surface area contributed by atoms with Crippen molar-refractivity contribution in [3.05, 3.63) is 80.8 Å². The van der Waals surface area contributed by atoms with Gasteiger partial charge in [-0.2, -0.15) is 10.1 Å².